The minimum Gasteiger partial charge on any atom is -0.383 e. The number of nitrogens with one attached hydrogen (secondary N) is 2. The van der Waals surface area contributed by atoms with E-state index in [4.69, 9.17) is 21.6 Å². The van der Waals surface area contributed by atoms with Gasteiger partial charge in [0.05, 0.1) is 29.4 Å². The molecule has 0 atom stereocenters. The van der Waals surface area contributed by atoms with E-state index in [2.05, 4.69) is 10.6 Å². The third kappa shape index (κ3) is 4.24. The summed E-state index contributed by atoms with van der Waals surface area (Å²) in [6.45, 7) is 1.00. The summed E-state index contributed by atoms with van der Waals surface area (Å²) < 4.78 is 4.81. The SMILES string of the molecule is COCCNC(=O)CNc1cccc(Cl)c1C#N. The van der Waals surface area contributed by atoms with Crippen molar-refractivity contribution in [3.63, 3.8) is 0 Å². The molecular formula is C12H14ClN3O2. The van der Waals surface area contributed by atoms with E-state index in [9.17, 15) is 4.79 Å². The van der Waals surface area contributed by atoms with E-state index in [1.807, 2.05) is 6.07 Å². The molecule has 2 N–H and O–H groups in total. The first-order valence-corrected chi connectivity index (χ1v) is 5.75. The standard InChI is InChI=1S/C12H14ClN3O2/c1-18-6-5-15-12(17)8-16-11-4-2-3-10(13)9(11)7-14/h2-4,16H,5-6,8H2,1H3,(H,15,17). The lowest BCUT2D eigenvalue weighted by molar-refractivity contribution is -0.119. The van der Waals surface area contributed by atoms with Crippen molar-refractivity contribution >= 4 is 23.2 Å². The monoisotopic (exact) mass is 267 g/mol. The summed E-state index contributed by atoms with van der Waals surface area (Å²) in [5.41, 5.74) is 0.885. The summed E-state index contributed by atoms with van der Waals surface area (Å²) >= 11 is 5.87. The van der Waals surface area contributed by atoms with Crippen molar-refractivity contribution in [3.05, 3.63) is 28.8 Å². The Labute approximate surface area is 111 Å². The highest BCUT2D eigenvalue weighted by molar-refractivity contribution is 6.32. The highest BCUT2D eigenvalue weighted by Gasteiger charge is 2.07. The highest BCUT2D eigenvalue weighted by atomic mass is 35.5. The van der Waals surface area contributed by atoms with E-state index in [0.717, 1.165) is 0 Å². The average Bonchev–Trinajstić information content (AvgIpc) is 2.36. The molecule has 5 nitrogen and oxygen atoms in total. The molecule has 0 unspecified atom stereocenters. The lowest BCUT2D eigenvalue weighted by atomic mass is 10.2. The van der Waals surface area contributed by atoms with Crippen LogP contribution in [0.2, 0.25) is 5.02 Å². The number of benzene rings is 1. The predicted molar refractivity (Wildman–Crippen MR) is 69.5 cm³/mol. The molecule has 0 aliphatic rings. The number of amides is 1. The molecule has 1 aromatic rings. The second-order valence-corrected chi connectivity index (χ2v) is 3.88. The average molecular weight is 268 g/mol. The van der Waals surface area contributed by atoms with Crippen LogP contribution >= 0.6 is 11.6 Å². The Hall–Kier alpha value is -1.77. The van der Waals surface area contributed by atoms with Gasteiger partial charge in [0.1, 0.15) is 6.07 Å². The van der Waals surface area contributed by atoms with Crippen LogP contribution in [0.3, 0.4) is 0 Å². The molecule has 0 saturated heterocycles. The maximum Gasteiger partial charge on any atom is 0.239 e. The number of carbonyl (C=O) groups excluding carboxylic acids is 1. The van der Waals surface area contributed by atoms with E-state index in [-0.39, 0.29) is 12.5 Å². The van der Waals surface area contributed by atoms with Gasteiger partial charge < -0.3 is 15.4 Å². The number of halogens is 1. The first kappa shape index (κ1) is 14.3. The summed E-state index contributed by atoms with van der Waals surface area (Å²) in [6, 6.07) is 7.04. The summed E-state index contributed by atoms with van der Waals surface area (Å²) in [5.74, 6) is -0.170. The first-order chi connectivity index (χ1) is 8.69. The van der Waals surface area contributed by atoms with Gasteiger partial charge in [-0.25, -0.2) is 0 Å². The second-order valence-electron chi connectivity index (χ2n) is 3.47. The summed E-state index contributed by atoms with van der Waals surface area (Å²) in [7, 11) is 1.57. The lowest BCUT2D eigenvalue weighted by Gasteiger charge is -2.09. The normalized spacial score (nSPS) is 9.61. The highest BCUT2D eigenvalue weighted by Crippen LogP contribution is 2.22. The molecule has 0 radical (unpaired) electrons. The maximum atomic E-state index is 11.4. The van der Waals surface area contributed by atoms with Crippen LogP contribution in [0.1, 0.15) is 5.56 Å². The summed E-state index contributed by atoms with van der Waals surface area (Å²) in [5, 5.41) is 14.8. The van der Waals surface area contributed by atoms with E-state index >= 15 is 0 Å². The van der Waals surface area contributed by atoms with Crippen LogP contribution in [-0.2, 0) is 9.53 Å². The van der Waals surface area contributed by atoms with Gasteiger partial charge in [-0.3, -0.25) is 4.79 Å². The van der Waals surface area contributed by atoms with Crippen LogP contribution in [0.15, 0.2) is 18.2 Å². The Balaban J connectivity index is 2.51. The summed E-state index contributed by atoms with van der Waals surface area (Å²) in [6.07, 6.45) is 0. The van der Waals surface area contributed by atoms with Gasteiger partial charge in [-0.15, -0.1) is 0 Å². The maximum absolute atomic E-state index is 11.4. The van der Waals surface area contributed by atoms with Gasteiger partial charge in [0.2, 0.25) is 5.91 Å². The zero-order valence-corrected chi connectivity index (χ0v) is 10.8. The fraction of sp³-hybridized carbons (Fsp3) is 0.333. The van der Waals surface area contributed by atoms with Gasteiger partial charge in [0.25, 0.3) is 0 Å². The molecule has 1 rings (SSSR count). The molecule has 6 heteroatoms. The fourth-order valence-electron chi connectivity index (χ4n) is 1.32. The van der Waals surface area contributed by atoms with E-state index in [0.29, 0.717) is 29.4 Å². The van der Waals surface area contributed by atoms with Gasteiger partial charge in [0, 0.05) is 13.7 Å². The molecule has 18 heavy (non-hydrogen) atoms. The van der Waals surface area contributed by atoms with Crippen molar-refractivity contribution in [2.24, 2.45) is 0 Å². The van der Waals surface area contributed by atoms with E-state index < -0.39 is 0 Å². The summed E-state index contributed by atoms with van der Waals surface area (Å²) in [4.78, 5) is 11.4. The Morgan fingerprint density at radius 2 is 2.33 bits per heavy atom. The molecule has 1 amide bonds. The molecule has 0 spiro atoms. The van der Waals surface area contributed by atoms with Gasteiger partial charge in [-0.1, -0.05) is 17.7 Å². The third-order valence-electron chi connectivity index (χ3n) is 2.19. The number of ether oxygens (including phenoxy) is 1. The third-order valence-corrected chi connectivity index (χ3v) is 2.51. The van der Waals surface area contributed by atoms with Crippen molar-refractivity contribution in [2.75, 3.05) is 32.1 Å². The van der Waals surface area contributed by atoms with Gasteiger partial charge in [-0.05, 0) is 12.1 Å². The van der Waals surface area contributed by atoms with Crippen LogP contribution in [-0.4, -0.2) is 32.7 Å². The first-order valence-electron chi connectivity index (χ1n) is 5.37. The number of methoxy groups -OCH3 is 1. The minimum atomic E-state index is -0.170. The van der Waals surface area contributed by atoms with E-state index in [1.54, 1.807) is 25.3 Å². The van der Waals surface area contributed by atoms with Crippen molar-refractivity contribution in [1.29, 1.82) is 5.26 Å². The van der Waals surface area contributed by atoms with Crippen LogP contribution < -0.4 is 10.6 Å². The minimum absolute atomic E-state index is 0.0821. The molecule has 0 aromatic heterocycles. The number of rotatable bonds is 6. The quantitative estimate of drug-likeness (QED) is 0.764. The second kappa shape index (κ2) is 7.54. The Bertz CT molecular complexity index is 457. The predicted octanol–water partition coefficient (Wildman–Crippen LogP) is 1.39. The Kier molecular flexibility index (Phi) is 5.98. The van der Waals surface area contributed by atoms with Gasteiger partial charge in [-0.2, -0.15) is 5.26 Å². The van der Waals surface area contributed by atoms with Crippen molar-refractivity contribution in [1.82, 2.24) is 5.32 Å². The number of anilines is 1. The number of nitriles is 1. The molecule has 0 fully saturated rings. The molecule has 1 aromatic carbocycles. The van der Waals surface area contributed by atoms with Gasteiger partial charge >= 0.3 is 0 Å². The molecule has 0 saturated carbocycles. The van der Waals surface area contributed by atoms with Crippen LogP contribution in [0, 0.1) is 11.3 Å². The topological polar surface area (TPSA) is 74.2 Å². The number of hydrogen-bond donors (Lipinski definition) is 2. The lowest BCUT2D eigenvalue weighted by Crippen LogP contribution is -2.32. The van der Waals surface area contributed by atoms with Crippen molar-refractivity contribution in [2.45, 2.75) is 0 Å². The zero-order valence-electron chi connectivity index (χ0n) is 10.00. The van der Waals surface area contributed by atoms with E-state index in [1.165, 1.54) is 0 Å². The molecule has 0 aliphatic carbocycles. The number of hydrogen-bond acceptors (Lipinski definition) is 4. The van der Waals surface area contributed by atoms with Crippen LogP contribution in [0.5, 0.6) is 0 Å². The largest absolute Gasteiger partial charge is 0.383 e. The van der Waals surface area contributed by atoms with Crippen molar-refractivity contribution < 1.29 is 9.53 Å². The zero-order chi connectivity index (χ0) is 13.4. The molecular weight excluding hydrogens is 254 g/mol. The van der Waals surface area contributed by atoms with Gasteiger partial charge in [0.15, 0.2) is 0 Å². The van der Waals surface area contributed by atoms with Crippen LogP contribution in [0.4, 0.5) is 5.69 Å². The molecule has 0 bridgehead atoms. The van der Waals surface area contributed by atoms with Crippen molar-refractivity contribution in [3.8, 4) is 6.07 Å². The molecule has 96 valence electrons. The fourth-order valence-corrected chi connectivity index (χ4v) is 1.53. The Morgan fingerprint density at radius 3 is 3.00 bits per heavy atom. The number of carbonyl (C=O) groups is 1. The number of nitrogens with zero attached hydrogens (tertiary/aromatic N) is 1. The Morgan fingerprint density at radius 1 is 1.56 bits per heavy atom. The smallest absolute Gasteiger partial charge is 0.239 e. The molecule has 0 heterocycles. The molecule has 0 aliphatic heterocycles. The van der Waals surface area contributed by atoms with Crippen LogP contribution in [0.25, 0.3) is 0 Å².